The van der Waals surface area contributed by atoms with E-state index in [1.165, 1.54) is 11.1 Å². The van der Waals surface area contributed by atoms with Gasteiger partial charge in [-0.05, 0) is 50.2 Å². The molecule has 27 heavy (non-hydrogen) atoms. The first kappa shape index (κ1) is 23.7. The van der Waals surface area contributed by atoms with Crippen molar-refractivity contribution in [2.45, 2.75) is 26.4 Å². The molecule has 0 aliphatic rings. The molecule has 0 fully saturated rings. The zero-order chi connectivity index (χ0) is 18.8. The predicted octanol–water partition coefficient (Wildman–Crippen LogP) is 3.71. The molecular formula is C20H29ClIN5. The highest BCUT2D eigenvalue weighted by Crippen LogP contribution is 2.11. The number of nitrogens with zero attached hydrogens (tertiary/aromatic N) is 3. The van der Waals surface area contributed by atoms with Gasteiger partial charge in [0.05, 0.1) is 6.54 Å². The van der Waals surface area contributed by atoms with Crippen LogP contribution in [0.25, 0.3) is 0 Å². The number of hydrogen-bond donors (Lipinski definition) is 2. The zero-order valence-corrected chi connectivity index (χ0v) is 19.3. The summed E-state index contributed by atoms with van der Waals surface area (Å²) in [5.41, 5.74) is 3.71. The monoisotopic (exact) mass is 501 g/mol. The number of aliphatic imine (C=N–C) groups is 1. The standard InChI is InChI=1S/C20H28ClN5.HI/c1-4-22-20(23-12-11-16-9-10-19(21)24-13-16)25-14-17-7-5-6-8-18(17)15-26(2)3;/h5-10,13H,4,11-12,14-15H2,1-3H3,(H2,22,23,25);1H. The summed E-state index contributed by atoms with van der Waals surface area (Å²) >= 11 is 5.82. The summed E-state index contributed by atoms with van der Waals surface area (Å²) < 4.78 is 0. The molecule has 0 bridgehead atoms. The number of benzene rings is 1. The SMILES string of the molecule is CCNC(=NCc1ccccc1CN(C)C)NCCc1ccc(Cl)nc1.I. The second kappa shape index (κ2) is 12.9. The van der Waals surface area contributed by atoms with Gasteiger partial charge in [-0.2, -0.15) is 0 Å². The van der Waals surface area contributed by atoms with Crippen molar-refractivity contribution in [2.24, 2.45) is 4.99 Å². The Morgan fingerprint density at radius 1 is 1.11 bits per heavy atom. The van der Waals surface area contributed by atoms with E-state index in [1.54, 1.807) is 0 Å². The first-order valence-corrected chi connectivity index (χ1v) is 9.30. The summed E-state index contributed by atoms with van der Waals surface area (Å²) in [7, 11) is 4.16. The molecular weight excluding hydrogens is 473 g/mol. The Morgan fingerprint density at radius 3 is 2.48 bits per heavy atom. The topological polar surface area (TPSA) is 52.6 Å². The molecule has 0 amide bonds. The fourth-order valence-corrected chi connectivity index (χ4v) is 2.70. The Hall–Kier alpha value is -1.38. The van der Waals surface area contributed by atoms with Gasteiger partial charge in [0.15, 0.2) is 5.96 Å². The van der Waals surface area contributed by atoms with Crippen LogP contribution in [0, 0.1) is 0 Å². The van der Waals surface area contributed by atoms with E-state index in [4.69, 9.17) is 16.6 Å². The Bertz CT molecular complexity index is 704. The lowest BCUT2D eigenvalue weighted by Crippen LogP contribution is -2.38. The number of nitrogens with one attached hydrogen (secondary N) is 2. The summed E-state index contributed by atoms with van der Waals surface area (Å²) in [5, 5.41) is 7.20. The van der Waals surface area contributed by atoms with Gasteiger partial charge >= 0.3 is 0 Å². The van der Waals surface area contributed by atoms with E-state index >= 15 is 0 Å². The fraction of sp³-hybridized carbons (Fsp3) is 0.400. The van der Waals surface area contributed by atoms with Crippen molar-refractivity contribution < 1.29 is 0 Å². The second-order valence-electron chi connectivity index (χ2n) is 6.37. The zero-order valence-electron chi connectivity index (χ0n) is 16.2. The van der Waals surface area contributed by atoms with E-state index in [0.717, 1.165) is 37.6 Å². The molecule has 1 aromatic carbocycles. The Balaban J connectivity index is 0.00000364. The quantitative estimate of drug-likeness (QED) is 0.251. The molecule has 2 aromatic rings. The Labute approximate surface area is 184 Å². The molecule has 0 saturated carbocycles. The van der Waals surface area contributed by atoms with Crippen molar-refractivity contribution in [3.8, 4) is 0 Å². The van der Waals surface area contributed by atoms with E-state index in [-0.39, 0.29) is 24.0 Å². The molecule has 0 radical (unpaired) electrons. The maximum atomic E-state index is 5.82. The third-order valence-corrected chi connectivity index (χ3v) is 4.08. The molecule has 148 valence electrons. The van der Waals surface area contributed by atoms with Crippen molar-refractivity contribution in [2.75, 3.05) is 27.2 Å². The van der Waals surface area contributed by atoms with Crippen LogP contribution in [0.15, 0.2) is 47.6 Å². The predicted molar refractivity (Wildman–Crippen MR) is 125 cm³/mol. The first-order valence-electron chi connectivity index (χ1n) is 8.92. The lowest BCUT2D eigenvalue weighted by Gasteiger charge is -2.14. The molecule has 1 aromatic heterocycles. The number of guanidine groups is 1. The maximum Gasteiger partial charge on any atom is 0.191 e. The molecule has 0 aliphatic carbocycles. The molecule has 0 spiro atoms. The van der Waals surface area contributed by atoms with E-state index in [0.29, 0.717) is 11.7 Å². The van der Waals surface area contributed by atoms with Crippen LogP contribution in [-0.2, 0) is 19.5 Å². The number of aromatic nitrogens is 1. The third kappa shape index (κ3) is 8.90. The van der Waals surface area contributed by atoms with E-state index in [2.05, 4.69) is 65.8 Å². The van der Waals surface area contributed by atoms with Crippen LogP contribution in [0.2, 0.25) is 5.15 Å². The lowest BCUT2D eigenvalue weighted by molar-refractivity contribution is 0.401. The average Bonchev–Trinajstić information content (AvgIpc) is 2.62. The van der Waals surface area contributed by atoms with Gasteiger partial charge in [-0.15, -0.1) is 24.0 Å². The van der Waals surface area contributed by atoms with Gasteiger partial charge in [0.1, 0.15) is 5.15 Å². The Morgan fingerprint density at radius 2 is 1.85 bits per heavy atom. The van der Waals surface area contributed by atoms with Crippen LogP contribution < -0.4 is 10.6 Å². The number of halogens is 2. The van der Waals surface area contributed by atoms with Gasteiger partial charge in [-0.3, -0.25) is 0 Å². The molecule has 0 atom stereocenters. The maximum absolute atomic E-state index is 5.82. The largest absolute Gasteiger partial charge is 0.357 e. The van der Waals surface area contributed by atoms with E-state index in [1.807, 2.05) is 18.3 Å². The molecule has 2 rings (SSSR count). The molecule has 0 aliphatic heterocycles. The number of hydrogen-bond acceptors (Lipinski definition) is 3. The van der Waals surface area contributed by atoms with Crippen LogP contribution >= 0.6 is 35.6 Å². The molecule has 7 heteroatoms. The summed E-state index contributed by atoms with van der Waals surface area (Å²) in [4.78, 5) is 11.0. The van der Waals surface area contributed by atoms with Gasteiger partial charge in [-0.1, -0.05) is 41.9 Å². The molecule has 2 N–H and O–H groups in total. The average molecular weight is 502 g/mol. The van der Waals surface area contributed by atoms with E-state index < -0.39 is 0 Å². The van der Waals surface area contributed by atoms with Crippen molar-refractivity contribution in [3.05, 3.63) is 64.4 Å². The van der Waals surface area contributed by atoms with Crippen molar-refractivity contribution in [1.82, 2.24) is 20.5 Å². The van der Waals surface area contributed by atoms with Crippen molar-refractivity contribution in [3.63, 3.8) is 0 Å². The highest BCUT2D eigenvalue weighted by molar-refractivity contribution is 14.0. The van der Waals surface area contributed by atoms with Crippen LogP contribution in [-0.4, -0.2) is 43.0 Å². The lowest BCUT2D eigenvalue weighted by atomic mass is 10.1. The normalized spacial score (nSPS) is 11.2. The highest BCUT2D eigenvalue weighted by atomic mass is 127. The fourth-order valence-electron chi connectivity index (χ4n) is 2.59. The molecule has 5 nitrogen and oxygen atoms in total. The van der Waals surface area contributed by atoms with Gasteiger partial charge in [-0.25, -0.2) is 9.98 Å². The third-order valence-electron chi connectivity index (χ3n) is 3.85. The Kier molecular flexibility index (Phi) is 11.3. The summed E-state index contributed by atoms with van der Waals surface area (Å²) in [5.74, 6) is 0.828. The minimum Gasteiger partial charge on any atom is -0.357 e. The smallest absolute Gasteiger partial charge is 0.191 e. The van der Waals surface area contributed by atoms with Gasteiger partial charge < -0.3 is 15.5 Å². The minimum absolute atomic E-state index is 0. The molecule has 1 heterocycles. The van der Waals surface area contributed by atoms with Crippen molar-refractivity contribution >= 4 is 41.5 Å². The van der Waals surface area contributed by atoms with Gasteiger partial charge in [0.2, 0.25) is 0 Å². The number of pyridine rings is 1. The summed E-state index contributed by atoms with van der Waals surface area (Å²) in [6.45, 7) is 5.25. The van der Waals surface area contributed by atoms with Gasteiger partial charge in [0, 0.05) is 25.8 Å². The minimum atomic E-state index is 0. The van der Waals surface area contributed by atoms with Crippen LogP contribution in [0.1, 0.15) is 23.6 Å². The van der Waals surface area contributed by atoms with E-state index in [9.17, 15) is 0 Å². The summed E-state index contributed by atoms with van der Waals surface area (Å²) in [6.07, 6.45) is 2.68. The van der Waals surface area contributed by atoms with Crippen LogP contribution in [0.3, 0.4) is 0 Å². The van der Waals surface area contributed by atoms with Crippen LogP contribution in [0.5, 0.6) is 0 Å². The number of rotatable bonds is 8. The van der Waals surface area contributed by atoms with Crippen LogP contribution in [0.4, 0.5) is 0 Å². The highest BCUT2D eigenvalue weighted by Gasteiger charge is 2.04. The van der Waals surface area contributed by atoms with Gasteiger partial charge in [0.25, 0.3) is 0 Å². The molecule has 0 unspecified atom stereocenters. The summed E-state index contributed by atoms with van der Waals surface area (Å²) in [6, 6.07) is 12.3. The molecule has 0 saturated heterocycles. The first-order chi connectivity index (χ1) is 12.6. The second-order valence-corrected chi connectivity index (χ2v) is 6.75. The van der Waals surface area contributed by atoms with Crippen molar-refractivity contribution in [1.29, 1.82) is 0 Å².